The van der Waals surface area contributed by atoms with Crippen molar-refractivity contribution < 1.29 is 13.2 Å². The zero-order valence-corrected chi connectivity index (χ0v) is 10.3. The van der Waals surface area contributed by atoms with E-state index >= 15 is 0 Å². The Morgan fingerprint density at radius 3 is 2.50 bits per heavy atom. The molecule has 1 aromatic heterocycles. The second-order valence-corrected chi connectivity index (χ2v) is 4.36. The lowest BCUT2D eigenvalue weighted by atomic mass is 10.0. The standard InChI is InChI=1S/C13H15F3N2/c1-3-18-7-9(8(2)17)12-10(13(14,15)16)5-4-6-11(12)18/h4-8H,3,17H2,1-2H3. The van der Waals surface area contributed by atoms with Crippen molar-refractivity contribution in [3.05, 3.63) is 35.5 Å². The number of aromatic nitrogens is 1. The lowest BCUT2D eigenvalue weighted by molar-refractivity contribution is -0.136. The molecule has 0 aliphatic rings. The van der Waals surface area contributed by atoms with Crippen molar-refractivity contribution in [1.82, 2.24) is 4.57 Å². The van der Waals surface area contributed by atoms with Crippen LogP contribution in [0, 0.1) is 0 Å². The van der Waals surface area contributed by atoms with Gasteiger partial charge < -0.3 is 10.3 Å². The molecular formula is C13H15F3N2. The van der Waals surface area contributed by atoms with Gasteiger partial charge in [-0.3, -0.25) is 0 Å². The molecule has 0 aliphatic heterocycles. The summed E-state index contributed by atoms with van der Waals surface area (Å²) in [5.41, 5.74) is 6.29. The molecule has 1 atom stereocenters. The van der Waals surface area contributed by atoms with Crippen LogP contribution in [0.2, 0.25) is 0 Å². The minimum Gasteiger partial charge on any atom is -0.347 e. The fourth-order valence-electron chi connectivity index (χ4n) is 2.23. The first-order valence-corrected chi connectivity index (χ1v) is 5.80. The van der Waals surface area contributed by atoms with E-state index in [1.54, 1.807) is 23.8 Å². The number of aryl methyl sites for hydroxylation is 1. The van der Waals surface area contributed by atoms with Crippen molar-refractivity contribution in [3.8, 4) is 0 Å². The van der Waals surface area contributed by atoms with Crippen molar-refractivity contribution >= 4 is 10.9 Å². The van der Waals surface area contributed by atoms with Gasteiger partial charge in [0.15, 0.2) is 0 Å². The summed E-state index contributed by atoms with van der Waals surface area (Å²) in [6, 6.07) is 3.81. The molecule has 2 aromatic rings. The van der Waals surface area contributed by atoms with Crippen molar-refractivity contribution in [1.29, 1.82) is 0 Å². The molecule has 1 heterocycles. The number of alkyl halides is 3. The topological polar surface area (TPSA) is 30.9 Å². The highest BCUT2D eigenvalue weighted by Crippen LogP contribution is 2.38. The fraction of sp³-hybridized carbons (Fsp3) is 0.385. The lowest BCUT2D eigenvalue weighted by Crippen LogP contribution is -2.09. The van der Waals surface area contributed by atoms with Gasteiger partial charge in [0.05, 0.1) is 5.56 Å². The predicted octanol–water partition coefficient (Wildman–Crippen LogP) is 3.70. The van der Waals surface area contributed by atoms with Crippen molar-refractivity contribution in [2.24, 2.45) is 5.73 Å². The van der Waals surface area contributed by atoms with Crippen LogP contribution in [0.5, 0.6) is 0 Å². The molecule has 0 radical (unpaired) electrons. The largest absolute Gasteiger partial charge is 0.417 e. The fourth-order valence-corrected chi connectivity index (χ4v) is 2.23. The first-order valence-electron chi connectivity index (χ1n) is 5.80. The molecule has 2 N–H and O–H groups in total. The van der Waals surface area contributed by atoms with Crippen molar-refractivity contribution in [3.63, 3.8) is 0 Å². The van der Waals surface area contributed by atoms with Crippen LogP contribution < -0.4 is 5.73 Å². The van der Waals surface area contributed by atoms with E-state index < -0.39 is 17.8 Å². The summed E-state index contributed by atoms with van der Waals surface area (Å²) in [5.74, 6) is 0. The summed E-state index contributed by atoms with van der Waals surface area (Å²) in [5, 5.41) is 0.224. The van der Waals surface area contributed by atoms with Gasteiger partial charge in [-0.1, -0.05) is 6.07 Å². The maximum atomic E-state index is 13.0. The maximum Gasteiger partial charge on any atom is 0.417 e. The Morgan fingerprint density at radius 1 is 1.33 bits per heavy atom. The highest BCUT2D eigenvalue weighted by Gasteiger charge is 2.34. The molecule has 0 saturated carbocycles. The second-order valence-electron chi connectivity index (χ2n) is 4.36. The zero-order valence-electron chi connectivity index (χ0n) is 10.3. The van der Waals surface area contributed by atoms with Gasteiger partial charge in [-0.15, -0.1) is 0 Å². The maximum absolute atomic E-state index is 13.0. The van der Waals surface area contributed by atoms with Crippen LogP contribution in [0.4, 0.5) is 13.2 Å². The number of hydrogen-bond acceptors (Lipinski definition) is 1. The van der Waals surface area contributed by atoms with E-state index in [1.807, 2.05) is 6.92 Å². The Bertz CT molecular complexity index is 567. The molecule has 2 nitrogen and oxygen atoms in total. The van der Waals surface area contributed by atoms with Gasteiger partial charge in [0.1, 0.15) is 0 Å². The third kappa shape index (κ3) is 1.99. The molecule has 0 fully saturated rings. The molecule has 1 aromatic carbocycles. The van der Waals surface area contributed by atoms with Gasteiger partial charge >= 0.3 is 6.18 Å². The monoisotopic (exact) mass is 256 g/mol. The summed E-state index contributed by atoms with van der Waals surface area (Å²) >= 11 is 0. The van der Waals surface area contributed by atoms with E-state index in [9.17, 15) is 13.2 Å². The average molecular weight is 256 g/mol. The van der Waals surface area contributed by atoms with E-state index in [-0.39, 0.29) is 5.39 Å². The van der Waals surface area contributed by atoms with Gasteiger partial charge in [0, 0.05) is 29.7 Å². The van der Waals surface area contributed by atoms with E-state index in [0.29, 0.717) is 17.6 Å². The Hall–Kier alpha value is -1.49. The molecular weight excluding hydrogens is 241 g/mol. The van der Waals surface area contributed by atoms with Crippen LogP contribution in [-0.2, 0) is 12.7 Å². The molecule has 18 heavy (non-hydrogen) atoms. The van der Waals surface area contributed by atoms with E-state index in [4.69, 9.17) is 5.73 Å². The number of benzene rings is 1. The van der Waals surface area contributed by atoms with Crippen LogP contribution in [0.1, 0.15) is 31.0 Å². The first kappa shape index (κ1) is 13.0. The quantitative estimate of drug-likeness (QED) is 0.872. The summed E-state index contributed by atoms with van der Waals surface area (Å²) in [7, 11) is 0. The minimum absolute atomic E-state index is 0.224. The SMILES string of the molecule is CCn1cc(C(C)N)c2c(C(F)(F)F)cccc21. The molecule has 0 amide bonds. The Labute approximate surface area is 103 Å². The third-order valence-corrected chi connectivity index (χ3v) is 3.07. The van der Waals surface area contributed by atoms with Gasteiger partial charge in [-0.2, -0.15) is 13.2 Å². The minimum atomic E-state index is -4.36. The van der Waals surface area contributed by atoms with Gasteiger partial charge in [0.25, 0.3) is 0 Å². The summed E-state index contributed by atoms with van der Waals surface area (Å²) < 4.78 is 40.9. The molecule has 0 spiro atoms. The second kappa shape index (κ2) is 4.31. The highest BCUT2D eigenvalue weighted by atomic mass is 19.4. The summed E-state index contributed by atoms with van der Waals surface area (Å²) in [4.78, 5) is 0. The lowest BCUT2D eigenvalue weighted by Gasteiger charge is -2.11. The third-order valence-electron chi connectivity index (χ3n) is 3.07. The Morgan fingerprint density at radius 2 is 2.00 bits per heavy atom. The number of halogens is 3. The highest BCUT2D eigenvalue weighted by molar-refractivity contribution is 5.88. The van der Waals surface area contributed by atoms with Crippen LogP contribution in [0.3, 0.4) is 0 Å². The molecule has 0 aliphatic carbocycles. The van der Waals surface area contributed by atoms with Crippen molar-refractivity contribution in [2.45, 2.75) is 32.6 Å². The Balaban J connectivity index is 2.85. The molecule has 0 bridgehead atoms. The number of rotatable bonds is 2. The normalized spacial score (nSPS) is 14.1. The van der Waals surface area contributed by atoms with Gasteiger partial charge in [-0.05, 0) is 31.5 Å². The van der Waals surface area contributed by atoms with Gasteiger partial charge in [0.2, 0.25) is 0 Å². The summed E-state index contributed by atoms with van der Waals surface area (Å²) in [6.07, 6.45) is -2.65. The molecule has 1 unspecified atom stereocenters. The Kier molecular flexibility index (Phi) is 3.11. The van der Waals surface area contributed by atoms with E-state index in [1.165, 1.54) is 6.07 Å². The zero-order chi connectivity index (χ0) is 13.5. The van der Waals surface area contributed by atoms with Crippen LogP contribution in [0.15, 0.2) is 24.4 Å². The van der Waals surface area contributed by atoms with E-state index in [2.05, 4.69) is 0 Å². The van der Waals surface area contributed by atoms with Crippen LogP contribution in [-0.4, -0.2) is 4.57 Å². The molecule has 98 valence electrons. The number of nitrogens with two attached hydrogens (primary N) is 1. The molecule has 5 heteroatoms. The van der Waals surface area contributed by atoms with Crippen LogP contribution >= 0.6 is 0 Å². The van der Waals surface area contributed by atoms with Crippen LogP contribution in [0.25, 0.3) is 10.9 Å². The molecule has 2 rings (SSSR count). The number of hydrogen-bond donors (Lipinski definition) is 1. The number of nitrogens with zero attached hydrogens (tertiary/aromatic N) is 1. The molecule has 0 saturated heterocycles. The number of fused-ring (bicyclic) bond motifs is 1. The first-order chi connectivity index (χ1) is 8.36. The smallest absolute Gasteiger partial charge is 0.347 e. The average Bonchev–Trinajstić information content (AvgIpc) is 2.66. The summed E-state index contributed by atoms with van der Waals surface area (Å²) in [6.45, 7) is 4.21. The van der Waals surface area contributed by atoms with E-state index in [0.717, 1.165) is 6.07 Å². The van der Waals surface area contributed by atoms with Gasteiger partial charge in [-0.25, -0.2) is 0 Å². The predicted molar refractivity (Wildman–Crippen MR) is 65.2 cm³/mol. The van der Waals surface area contributed by atoms with Crippen molar-refractivity contribution in [2.75, 3.05) is 0 Å².